The van der Waals surface area contributed by atoms with Crippen molar-refractivity contribution in [3.63, 3.8) is 0 Å². The minimum absolute atomic E-state index is 0.0244. The largest absolute Gasteiger partial charge is 0.351 e. The molecule has 1 N–H and O–H groups in total. The third kappa shape index (κ3) is 7.20. The van der Waals surface area contributed by atoms with Crippen molar-refractivity contribution in [2.24, 2.45) is 0 Å². The molecule has 214 valence electrons. The number of sulfonamides is 2. The van der Waals surface area contributed by atoms with Crippen molar-refractivity contribution in [2.45, 2.75) is 42.1 Å². The number of halogens is 3. The Labute approximate surface area is 243 Å². The Kier molecular flexibility index (Phi) is 9.86. The Morgan fingerprint density at radius 1 is 0.875 bits per heavy atom. The van der Waals surface area contributed by atoms with Crippen LogP contribution in [0.3, 0.4) is 0 Å². The second-order valence-electron chi connectivity index (χ2n) is 9.31. The maximum Gasteiger partial charge on any atom is 0.243 e. The van der Waals surface area contributed by atoms with E-state index >= 15 is 0 Å². The molecule has 0 radical (unpaired) electrons. The van der Waals surface area contributed by atoms with Gasteiger partial charge in [-0.25, -0.2) is 21.2 Å². The Hall–Kier alpha value is -2.54. The fourth-order valence-electron chi connectivity index (χ4n) is 4.29. The molecule has 1 saturated heterocycles. The third-order valence-electron chi connectivity index (χ3n) is 6.53. The Balaban J connectivity index is 1.48. The predicted molar refractivity (Wildman–Crippen MR) is 151 cm³/mol. The van der Waals surface area contributed by atoms with Crippen LogP contribution in [0.15, 0.2) is 76.5 Å². The van der Waals surface area contributed by atoms with Gasteiger partial charge in [0, 0.05) is 41.8 Å². The maximum atomic E-state index is 14.5. The number of carbonyl (C=O) groups is 1. The fourth-order valence-corrected chi connectivity index (χ4v) is 7.52. The van der Waals surface area contributed by atoms with Crippen LogP contribution in [0.25, 0.3) is 0 Å². The van der Waals surface area contributed by atoms with Gasteiger partial charge in [-0.15, -0.1) is 0 Å². The molecule has 0 bridgehead atoms. The zero-order valence-electron chi connectivity index (χ0n) is 21.4. The zero-order chi connectivity index (χ0) is 28.9. The predicted octanol–water partition coefficient (Wildman–Crippen LogP) is 4.81. The highest BCUT2D eigenvalue weighted by Gasteiger charge is 2.29. The van der Waals surface area contributed by atoms with Crippen LogP contribution in [0.2, 0.25) is 10.0 Å². The van der Waals surface area contributed by atoms with E-state index < -0.39 is 44.9 Å². The molecule has 0 atom stereocenters. The second-order valence-corrected chi connectivity index (χ2v) is 14.0. The van der Waals surface area contributed by atoms with E-state index in [2.05, 4.69) is 5.32 Å². The quantitative estimate of drug-likeness (QED) is 0.347. The van der Waals surface area contributed by atoms with Crippen LogP contribution < -0.4 is 5.32 Å². The molecule has 1 aliphatic heterocycles. The lowest BCUT2D eigenvalue weighted by Gasteiger charge is -2.25. The summed E-state index contributed by atoms with van der Waals surface area (Å²) < 4.78 is 69.4. The van der Waals surface area contributed by atoms with E-state index in [0.717, 1.165) is 29.6 Å². The van der Waals surface area contributed by atoms with Gasteiger partial charge < -0.3 is 5.32 Å². The van der Waals surface area contributed by atoms with Gasteiger partial charge in [-0.1, -0.05) is 47.8 Å². The van der Waals surface area contributed by atoms with Gasteiger partial charge >= 0.3 is 0 Å². The topological polar surface area (TPSA) is 104 Å². The standard InChI is InChI=1S/C27H28Cl2FN3O5S2/c28-21-9-13-23(14-10-21)40(37,38)33(18-24-25(29)5-4-6-26(24)30)19-27(34)31-17-20-7-11-22(12-8-20)39(35,36)32-15-2-1-3-16-32/h4-14H,1-3,15-19H2,(H,31,34). The van der Waals surface area contributed by atoms with Crippen LogP contribution in [-0.4, -0.2) is 51.0 Å². The molecule has 1 amide bonds. The first-order chi connectivity index (χ1) is 19.0. The van der Waals surface area contributed by atoms with Gasteiger partial charge in [-0.2, -0.15) is 8.61 Å². The van der Waals surface area contributed by atoms with Gasteiger partial charge in [0.1, 0.15) is 5.82 Å². The first kappa shape index (κ1) is 30.4. The van der Waals surface area contributed by atoms with E-state index in [1.165, 1.54) is 52.8 Å². The normalized spacial score (nSPS) is 14.8. The summed E-state index contributed by atoms with van der Waals surface area (Å²) in [5, 5.41) is 3.00. The van der Waals surface area contributed by atoms with E-state index in [1.807, 2.05) is 0 Å². The molecule has 8 nitrogen and oxygen atoms in total. The first-order valence-corrected chi connectivity index (χ1v) is 16.2. The Morgan fingerprint density at radius 3 is 2.12 bits per heavy atom. The van der Waals surface area contributed by atoms with Crippen LogP contribution in [0.5, 0.6) is 0 Å². The zero-order valence-corrected chi connectivity index (χ0v) is 24.5. The number of nitrogens with one attached hydrogen (secondary N) is 1. The highest BCUT2D eigenvalue weighted by Crippen LogP contribution is 2.26. The lowest BCUT2D eigenvalue weighted by molar-refractivity contribution is -0.121. The summed E-state index contributed by atoms with van der Waals surface area (Å²) in [6.45, 7) is -0.0799. The molecule has 3 aromatic rings. The minimum atomic E-state index is -4.24. The van der Waals surface area contributed by atoms with Crippen molar-refractivity contribution < 1.29 is 26.0 Å². The lowest BCUT2D eigenvalue weighted by Crippen LogP contribution is -2.40. The summed E-state index contributed by atoms with van der Waals surface area (Å²) >= 11 is 12.0. The summed E-state index contributed by atoms with van der Waals surface area (Å²) in [6.07, 6.45) is 2.67. The fraction of sp³-hybridized carbons (Fsp3) is 0.296. The van der Waals surface area contributed by atoms with Gasteiger partial charge in [0.25, 0.3) is 0 Å². The van der Waals surface area contributed by atoms with E-state index in [1.54, 1.807) is 12.1 Å². The van der Waals surface area contributed by atoms with E-state index in [0.29, 0.717) is 23.7 Å². The van der Waals surface area contributed by atoms with Crippen LogP contribution in [0.1, 0.15) is 30.4 Å². The monoisotopic (exact) mass is 627 g/mol. The molecule has 0 aliphatic carbocycles. The third-order valence-corrected chi connectivity index (χ3v) is 10.9. The summed E-state index contributed by atoms with van der Waals surface area (Å²) in [6, 6.07) is 15.6. The molecule has 3 aromatic carbocycles. The number of hydrogen-bond donors (Lipinski definition) is 1. The summed E-state index contributed by atoms with van der Waals surface area (Å²) in [7, 11) is -7.83. The summed E-state index contributed by atoms with van der Waals surface area (Å²) in [5.41, 5.74) is 0.551. The van der Waals surface area contributed by atoms with Crippen LogP contribution >= 0.6 is 23.2 Å². The van der Waals surface area contributed by atoms with Crippen molar-refractivity contribution >= 4 is 49.2 Å². The average Bonchev–Trinajstić information content (AvgIpc) is 2.94. The van der Waals surface area contributed by atoms with E-state index in [9.17, 15) is 26.0 Å². The average molecular weight is 629 g/mol. The molecule has 40 heavy (non-hydrogen) atoms. The van der Waals surface area contributed by atoms with Crippen molar-refractivity contribution in [3.05, 3.63) is 93.7 Å². The number of carbonyl (C=O) groups excluding carboxylic acids is 1. The number of piperidine rings is 1. The number of benzene rings is 3. The van der Waals surface area contributed by atoms with Crippen molar-refractivity contribution in [1.82, 2.24) is 13.9 Å². The first-order valence-electron chi connectivity index (χ1n) is 12.5. The molecular formula is C27H28Cl2FN3O5S2. The number of amides is 1. The molecule has 13 heteroatoms. The highest BCUT2D eigenvalue weighted by molar-refractivity contribution is 7.89. The van der Waals surface area contributed by atoms with Gasteiger partial charge in [-0.3, -0.25) is 4.79 Å². The van der Waals surface area contributed by atoms with Gasteiger partial charge in [0.15, 0.2) is 0 Å². The molecular weight excluding hydrogens is 600 g/mol. The summed E-state index contributed by atoms with van der Waals surface area (Å²) in [5.74, 6) is -1.35. The van der Waals surface area contributed by atoms with Gasteiger partial charge in [-0.05, 0) is 66.9 Å². The smallest absolute Gasteiger partial charge is 0.243 e. The molecule has 0 saturated carbocycles. The number of nitrogens with zero attached hydrogens (tertiary/aromatic N) is 2. The molecule has 0 aromatic heterocycles. The van der Waals surface area contributed by atoms with Crippen molar-refractivity contribution in [3.8, 4) is 0 Å². The van der Waals surface area contributed by atoms with Crippen molar-refractivity contribution in [2.75, 3.05) is 19.6 Å². The molecule has 4 rings (SSSR count). The SMILES string of the molecule is O=C(CN(Cc1c(F)cccc1Cl)S(=O)(=O)c1ccc(Cl)cc1)NCc1ccc(S(=O)(=O)N2CCCCC2)cc1. The molecule has 1 aliphatic rings. The number of rotatable bonds is 10. The van der Waals surface area contributed by atoms with Gasteiger partial charge in [0.05, 0.1) is 16.3 Å². The molecule has 0 spiro atoms. The minimum Gasteiger partial charge on any atom is -0.351 e. The second kappa shape index (κ2) is 13.0. The van der Waals surface area contributed by atoms with Crippen LogP contribution in [0.4, 0.5) is 4.39 Å². The number of hydrogen-bond acceptors (Lipinski definition) is 5. The molecule has 0 unspecified atom stereocenters. The van der Waals surface area contributed by atoms with E-state index in [-0.39, 0.29) is 26.9 Å². The molecule has 1 heterocycles. The summed E-state index contributed by atoms with van der Waals surface area (Å²) in [4.78, 5) is 12.9. The Bertz CT molecular complexity index is 1540. The van der Waals surface area contributed by atoms with Gasteiger partial charge in [0.2, 0.25) is 26.0 Å². The van der Waals surface area contributed by atoms with E-state index in [4.69, 9.17) is 23.2 Å². The highest BCUT2D eigenvalue weighted by atomic mass is 35.5. The van der Waals surface area contributed by atoms with Crippen LogP contribution in [-0.2, 0) is 37.9 Å². The lowest BCUT2D eigenvalue weighted by atomic mass is 10.2. The Morgan fingerprint density at radius 2 is 1.50 bits per heavy atom. The molecule has 1 fully saturated rings. The van der Waals surface area contributed by atoms with Crippen molar-refractivity contribution in [1.29, 1.82) is 0 Å². The van der Waals surface area contributed by atoms with Crippen LogP contribution in [0, 0.1) is 5.82 Å². The maximum absolute atomic E-state index is 14.5.